The molecule has 230 valence electrons. The number of carbonyl (C=O) groups is 2. The Hall–Kier alpha value is -3.93. The van der Waals surface area contributed by atoms with E-state index in [2.05, 4.69) is 0 Å². The van der Waals surface area contributed by atoms with Crippen molar-refractivity contribution >= 4 is 22.1 Å². The minimum atomic E-state index is -4.21. The first-order valence-corrected chi connectivity index (χ1v) is 15.6. The van der Waals surface area contributed by atoms with Crippen LogP contribution >= 0.6 is 0 Å². The predicted molar refractivity (Wildman–Crippen MR) is 161 cm³/mol. The van der Waals surface area contributed by atoms with Crippen LogP contribution in [0.15, 0.2) is 83.8 Å². The van der Waals surface area contributed by atoms with Gasteiger partial charge >= 0.3 is 12.1 Å². The van der Waals surface area contributed by atoms with Crippen molar-refractivity contribution in [3.8, 4) is 16.9 Å². The molecule has 1 atom stereocenters. The largest absolute Gasteiger partial charge is 0.497 e. The summed E-state index contributed by atoms with van der Waals surface area (Å²) < 4.78 is 44.7. The minimum absolute atomic E-state index is 0.0111. The van der Waals surface area contributed by atoms with E-state index in [0.29, 0.717) is 25.0 Å². The number of nitrogens with zero attached hydrogens (tertiary/aromatic N) is 2. The number of hydrogen-bond donors (Lipinski definition) is 1. The van der Waals surface area contributed by atoms with Crippen molar-refractivity contribution in [1.29, 1.82) is 0 Å². The standard InChI is InChI=1S/C32H38N2O8S/c1-40-22-23-42-32(37)33-19-17-27(18-20-33)30(31(35)36)34(21-16-24-6-4-3-5-7-24)43(38,39)29-14-10-26(11-15-29)25-8-12-28(41-2)13-9-25/h3-15,27,30H,16-23H2,1-2H3,(H,35,36). The molecule has 4 rings (SSSR count). The first-order valence-electron chi connectivity index (χ1n) is 14.2. The van der Waals surface area contributed by atoms with E-state index in [1.54, 1.807) is 19.2 Å². The van der Waals surface area contributed by atoms with Crippen LogP contribution in [-0.2, 0) is 30.7 Å². The van der Waals surface area contributed by atoms with Crippen LogP contribution in [0.5, 0.6) is 5.75 Å². The maximum atomic E-state index is 14.1. The average molecular weight is 611 g/mol. The van der Waals surface area contributed by atoms with Gasteiger partial charge in [0.25, 0.3) is 0 Å². The Morgan fingerprint density at radius 3 is 2.07 bits per heavy atom. The van der Waals surface area contributed by atoms with Crippen LogP contribution in [-0.4, -0.2) is 87.9 Å². The zero-order chi connectivity index (χ0) is 30.8. The molecule has 0 aromatic heterocycles. The fourth-order valence-electron chi connectivity index (χ4n) is 5.29. The zero-order valence-corrected chi connectivity index (χ0v) is 25.2. The van der Waals surface area contributed by atoms with Crippen LogP contribution < -0.4 is 4.74 Å². The lowest BCUT2D eigenvalue weighted by Crippen LogP contribution is -2.53. The van der Waals surface area contributed by atoms with Crippen LogP contribution in [0.3, 0.4) is 0 Å². The van der Waals surface area contributed by atoms with Crippen LogP contribution in [0.25, 0.3) is 11.1 Å². The van der Waals surface area contributed by atoms with Gasteiger partial charge in [-0.1, -0.05) is 54.6 Å². The van der Waals surface area contributed by atoms with E-state index in [-0.39, 0.29) is 37.7 Å². The van der Waals surface area contributed by atoms with Gasteiger partial charge in [-0.3, -0.25) is 4.79 Å². The minimum Gasteiger partial charge on any atom is -0.497 e. The van der Waals surface area contributed by atoms with Gasteiger partial charge in [0.05, 0.1) is 18.6 Å². The summed E-state index contributed by atoms with van der Waals surface area (Å²) in [7, 11) is -1.11. The maximum absolute atomic E-state index is 14.1. The SMILES string of the molecule is COCCOC(=O)N1CCC(C(C(=O)O)N(CCc2ccccc2)S(=O)(=O)c2ccc(-c3ccc(OC)cc3)cc2)CC1. The van der Waals surface area contributed by atoms with Gasteiger partial charge in [-0.15, -0.1) is 0 Å². The number of benzene rings is 3. The van der Waals surface area contributed by atoms with E-state index in [4.69, 9.17) is 14.2 Å². The third kappa shape index (κ3) is 8.13. The van der Waals surface area contributed by atoms with Gasteiger partial charge < -0.3 is 24.2 Å². The quantitative estimate of drug-likeness (QED) is 0.280. The Bertz CT molecular complexity index is 1440. The van der Waals surface area contributed by atoms with Crippen LogP contribution in [0, 0.1) is 5.92 Å². The van der Waals surface area contributed by atoms with E-state index in [9.17, 15) is 23.1 Å². The second-order valence-electron chi connectivity index (χ2n) is 10.3. The van der Waals surface area contributed by atoms with Gasteiger partial charge in [0.2, 0.25) is 10.0 Å². The lowest BCUT2D eigenvalue weighted by Gasteiger charge is -2.38. The summed E-state index contributed by atoms with van der Waals surface area (Å²) in [5.41, 5.74) is 2.61. The lowest BCUT2D eigenvalue weighted by atomic mass is 9.89. The molecule has 0 aliphatic carbocycles. The molecule has 0 radical (unpaired) electrons. The number of carboxylic acids is 1. The number of hydrogen-bond acceptors (Lipinski definition) is 7. The summed E-state index contributed by atoms with van der Waals surface area (Å²) in [5.74, 6) is -0.997. The second kappa shape index (κ2) is 15.0. The molecule has 1 fully saturated rings. The molecule has 43 heavy (non-hydrogen) atoms. The summed E-state index contributed by atoms with van der Waals surface area (Å²) in [6.07, 6.45) is 0.500. The predicted octanol–water partition coefficient (Wildman–Crippen LogP) is 4.54. The van der Waals surface area contributed by atoms with Gasteiger partial charge in [0, 0.05) is 26.7 Å². The molecule has 1 aliphatic heterocycles. The Kier molecular flexibility index (Phi) is 11.2. The molecular weight excluding hydrogens is 572 g/mol. The fraction of sp³-hybridized carbons (Fsp3) is 0.375. The van der Waals surface area contributed by atoms with Crippen molar-refractivity contribution in [2.45, 2.75) is 30.2 Å². The zero-order valence-electron chi connectivity index (χ0n) is 24.4. The number of likely N-dealkylation sites (tertiary alicyclic amines) is 1. The summed E-state index contributed by atoms with van der Waals surface area (Å²) >= 11 is 0. The molecule has 1 aliphatic rings. The molecule has 3 aromatic rings. The molecule has 1 N–H and O–H groups in total. The average Bonchev–Trinajstić information content (AvgIpc) is 3.03. The smallest absolute Gasteiger partial charge is 0.409 e. The highest BCUT2D eigenvalue weighted by Crippen LogP contribution is 2.31. The Morgan fingerprint density at radius 2 is 1.51 bits per heavy atom. The number of amides is 1. The van der Waals surface area contributed by atoms with Gasteiger partial charge in [-0.25, -0.2) is 13.2 Å². The van der Waals surface area contributed by atoms with Gasteiger partial charge in [0.1, 0.15) is 18.4 Å². The molecule has 1 amide bonds. The number of aliphatic carboxylic acids is 1. The van der Waals surface area contributed by atoms with Crippen LogP contribution in [0.1, 0.15) is 18.4 Å². The molecule has 1 heterocycles. The van der Waals surface area contributed by atoms with Crippen LogP contribution in [0.2, 0.25) is 0 Å². The van der Waals surface area contributed by atoms with Gasteiger partial charge in [0.15, 0.2) is 0 Å². The molecule has 1 saturated heterocycles. The highest BCUT2D eigenvalue weighted by atomic mass is 32.2. The molecule has 0 saturated carbocycles. The van der Waals surface area contributed by atoms with Crippen LogP contribution in [0.4, 0.5) is 4.79 Å². The Balaban J connectivity index is 1.58. The highest BCUT2D eigenvalue weighted by Gasteiger charge is 2.42. The summed E-state index contributed by atoms with van der Waals surface area (Å²) in [6.45, 7) is 0.921. The first kappa shape index (κ1) is 32.0. The maximum Gasteiger partial charge on any atom is 0.409 e. The number of piperidine rings is 1. The lowest BCUT2D eigenvalue weighted by molar-refractivity contribution is -0.144. The number of ether oxygens (including phenoxy) is 3. The van der Waals surface area contributed by atoms with E-state index in [1.807, 2.05) is 54.6 Å². The van der Waals surface area contributed by atoms with E-state index >= 15 is 0 Å². The number of carboxylic acid groups (broad SMARTS) is 1. The molecule has 10 nitrogen and oxygen atoms in total. The monoisotopic (exact) mass is 610 g/mol. The first-order chi connectivity index (χ1) is 20.7. The number of methoxy groups -OCH3 is 2. The highest BCUT2D eigenvalue weighted by molar-refractivity contribution is 7.89. The van der Waals surface area contributed by atoms with E-state index in [0.717, 1.165) is 21.0 Å². The molecule has 0 bridgehead atoms. The van der Waals surface area contributed by atoms with Gasteiger partial charge in [-0.2, -0.15) is 4.31 Å². The molecule has 1 unspecified atom stereocenters. The summed E-state index contributed by atoms with van der Waals surface area (Å²) in [6, 6.07) is 22.0. The Morgan fingerprint density at radius 1 is 0.907 bits per heavy atom. The fourth-order valence-corrected chi connectivity index (χ4v) is 6.94. The molecule has 0 spiro atoms. The molecular formula is C32H38N2O8S. The Labute approximate surface area is 252 Å². The number of carbonyl (C=O) groups excluding carboxylic acids is 1. The van der Waals surface area contributed by atoms with Crippen molar-refractivity contribution in [2.24, 2.45) is 5.92 Å². The van der Waals surface area contributed by atoms with Crippen molar-refractivity contribution in [3.63, 3.8) is 0 Å². The summed E-state index contributed by atoms with van der Waals surface area (Å²) in [4.78, 5) is 26.7. The second-order valence-corrected chi connectivity index (χ2v) is 12.2. The number of sulfonamides is 1. The topological polar surface area (TPSA) is 123 Å². The van der Waals surface area contributed by atoms with E-state index < -0.39 is 34.0 Å². The van der Waals surface area contributed by atoms with Crippen molar-refractivity contribution in [2.75, 3.05) is 47.1 Å². The normalized spacial score (nSPS) is 14.8. The third-order valence-corrected chi connectivity index (χ3v) is 9.56. The van der Waals surface area contributed by atoms with Gasteiger partial charge in [-0.05, 0) is 66.1 Å². The van der Waals surface area contributed by atoms with Crippen molar-refractivity contribution < 1.29 is 37.3 Å². The third-order valence-electron chi connectivity index (χ3n) is 7.67. The van der Waals surface area contributed by atoms with E-state index in [1.165, 1.54) is 24.1 Å². The van der Waals surface area contributed by atoms with Crippen molar-refractivity contribution in [1.82, 2.24) is 9.21 Å². The molecule has 3 aromatic carbocycles. The summed E-state index contributed by atoms with van der Waals surface area (Å²) in [5, 5.41) is 10.4. The molecule has 11 heteroatoms. The number of rotatable bonds is 13. The van der Waals surface area contributed by atoms with Crippen molar-refractivity contribution in [3.05, 3.63) is 84.4 Å².